The summed E-state index contributed by atoms with van der Waals surface area (Å²) in [6.45, 7) is 5.54. The van der Waals surface area contributed by atoms with E-state index >= 15 is 0 Å². The second kappa shape index (κ2) is 7.17. The van der Waals surface area contributed by atoms with E-state index in [1.165, 1.54) is 18.2 Å². The smallest absolute Gasteiger partial charge is 0.136 e. The van der Waals surface area contributed by atoms with Crippen LogP contribution in [0.1, 0.15) is 30.9 Å². The van der Waals surface area contributed by atoms with Crippen LogP contribution < -0.4 is 5.32 Å². The summed E-state index contributed by atoms with van der Waals surface area (Å²) in [6.07, 6.45) is 5.17. The SMILES string of the molecule is CCCNCC/C=C/c1c(F)ccc(C)c1F. The standard InChI is InChI=1S/C14H19F2N/c1-3-9-17-10-5-4-6-12-13(15)8-7-11(2)14(12)16/h4,6-8,17H,3,5,9-10H2,1-2H3/b6-4+. The van der Waals surface area contributed by atoms with Gasteiger partial charge in [-0.15, -0.1) is 0 Å². The van der Waals surface area contributed by atoms with Crippen molar-refractivity contribution in [2.45, 2.75) is 26.7 Å². The molecule has 1 N–H and O–H groups in total. The molecule has 0 amide bonds. The molecule has 0 atom stereocenters. The van der Waals surface area contributed by atoms with Crippen molar-refractivity contribution in [3.63, 3.8) is 0 Å². The Labute approximate surface area is 102 Å². The van der Waals surface area contributed by atoms with E-state index in [-0.39, 0.29) is 5.56 Å². The third-order valence-electron chi connectivity index (χ3n) is 2.52. The Morgan fingerprint density at radius 2 is 2.00 bits per heavy atom. The topological polar surface area (TPSA) is 12.0 Å². The van der Waals surface area contributed by atoms with Gasteiger partial charge < -0.3 is 5.32 Å². The van der Waals surface area contributed by atoms with Crippen molar-refractivity contribution >= 4 is 6.08 Å². The average molecular weight is 239 g/mol. The van der Waals surface area contributed by atoms with E-state index in [1.807, 2.05) is 0 Å². The summed E-state index contributed by atoms with van der Waals surface area (Å²) in [7, 11) is 0. The maximum Gasteiger partial charge on any atom is 0.136 e. The average Bonchev–Trinajstić information content (AvgIpc) is 2.32. The molecule has 17 heavy (non-hydrogen) atoms. The summed E-state index contributed by atoms with van der Waals surface area (Å²) >= 11 is 0. The summed E-state index contributed by atoms with van der Waals surface area (Å²) in [5.41, 5.74) is 0.524. The van der Waals surface area contributed by atoms with Gasteiger partial charge in [0, 0.05) is 5.56 Å². The number of nitrogens with one attached hydrogen (secondary N) is 1. The fraction of sp³-hybridized carbons (Fsp3) is 0.429. The Balaban J connectivity index is 2.56. The number of halogens is 2. The zero-order chi connectivity index (χ0) is 12.7. The molecule has 0 aromatic heterocycles. The van der Waals surface area contributed by atoms with E-state index in [0.717, 1.165) is 25.9 Å². The highest BCUT2D eigenvalue weighted by atomic mass is 19.1. The van der Waals surface area contributed by atoms with E-state index in [9.17, 15) is 8.78 Å². The fourth-order valence-electron chi connectivity index (χ4n) is 1.52. The molecule has 0 bridgehead atoms. The lowest BCUT2D eigenvalue weighted by atomic mass is 10.1. The van der Waals surface area contributed by atoms with Crippen LogP contribution in [0.5, 0.6) is 0 Å². The van der Waals surface area contributed by atoms with Gasteiger partial charge in [0.1, 0.15) is 11.6 Å². The van der Waals surface area contributed by atoms with Crippen molar-refractivity contribution in [3.05, 3.63) is 41.0 Å². The van der Waals surface area contributed by atoms with Crippen LogP contribution in [-0.4, -0.2) is 13.1 Å². The summed E-state index contributed by atoms with van der Waals surface area (Å²) in [4.78, 5) is 0. The molecule has 0 unspecified atom stereocenters. The van der Waals surface area contributed by atoms with Crippen molar-refractivity contribution in [1.29, 1.82) is 0 Å². The molecule has 3 heteroatoms. The third kappa shape index (κ3) is 4.27. The van der Waals surface area contributed by atoms with Gasteiger partial charge in [0.15, 0.2) is 0 Å². The summed E-state index contributed by atoms with van der Waals surface area (Å²) in [5.74, 6) is -0.978. The van der Waals surface area contributed by atoms with Crippen LogP contribution in [0.2, 0.25) is 0 Å². The molecular weight excluding hydrogens is 220 g/mol. The van der Waals surface area contributed by atoms with Crippen LogP contribution in [0.25, 0.3) is 6.08 Å². The van der Waals surface area contributed by atoms with Crippen LogP contribution in [0, 0.1) is 18.6 Å². The lowest BCUT2D eigenvalue weighted by molar-refractivity contribution is 0.572. The molecule has 0 fully saturated rings. The first kappa shape index (κ1) is 13.8. The Hall–Kier alpha value is -1.22. The van der Waals surface area contributed by atoms with Crippen LogP contribution in [-0.2, 0) is 0 Å². The van der Waals surface area contributed by atoms with Gasteiger partial charge in [-0.1, -0.05) is 25.1 Å². The van der Waals surface area contributed by atoms with E-state index < -0.39 is 11.6 Å². The van der Waals surface area contributed by atoms with E-state index in [2.05, 4.69) is 12.2 Å². The largest absolute Gasteiger partial charge is 0.316 e. The summed E-state index contributed by atoms with van der Waals surface area (Å²) < 4.78 is 26.9. The molecule has 1 nitrogen and oxygen atoms in total. The molecule has 0 radical (unpaired) electrons. The van der Waals surface area contributed by atoms with Gasteiger partial charge in [-0.3, -0.25) is 0 Å². The Morgan fingerprint density at radius 3 is 2.71 bits per heavy atom. The minimum atomic E-state index is -0.508. The number of hydrogen-bond donors (Lipinski definition) is 1. The monoisotopic (exact) mass is 239 g/mol. The zero-order valence-electron chi connectivity index (χ0n) is 10.4. The summed E-state index contributed by atoms with van der Waals surface area (Å²) in [6, 6.07) is 2.75. The van der Waals surface area contributed by atoms with Gasteiger partial charge in [0.05, 0.1) is 0 Å². The molecule has 0 heterocycles. The zero-order valence-corrected chi connectivity index (χ0v) is 10.4. The van der Waals surface area contributed by atoms with E-state index in [0.29, 0.717) is 5.56 Å². The first-order chi connectivity index (χ1) is 8.16. The maximum absolute atomic E-state index is 13.6. The van der Waals surface area contributed by atoms with E-state index in [4.69, 9.17) is 0 Å². The second-order valence-electron chi connectivity index (χ2n) is 4.03. The molecule has 0 spiro atoms. The highest BCUT2D eigenvalue weighted by Crippen LogP contribution is 2.17. The fourth-order valence-corrected chi connectivity index (χ4v) is 1.52. The molecule has 94 valence electrons. The maximum atomic E-state index is 13.6. The predicted molar refractivity (Wildman–Crippen MR) is 67.9 cm³/mol. The first-order valence-electron chi connectivity index (χ1n) is 5.98. The Bertz CT molecular complexity index is 386. The molecule has 1 aromatic carbocycles. The lowest BCUT2D eigenvalue weighted by Crippen LogP contribution is -2.14. The van der Waals surface area contributed by atoms with Gasteiger partial charge in [0.25, 0.3) is 0 Å². The normalized spacial score (nSPS) is 11.3. The van der Waals surface area contributed by atoms with Crippen molar-refractivity contribution in [1.82, 2.24) is 5.32 Å². The molecule has 0 aliphatic rings. The van der Waals surface area contributed by atoms with E-state index in [1.54, 1.807) is 13.0 Å². The van der Waals surface area contributed by atoms with Crippen molar-refractivity contribution in [2.24, 2.45) is 0 Å². The third-order valence-corrected chi connectivity index (χ3v) is 2.52. The predicted octanol–water partition coefficient (Wildman–Crippen LogP) is 3.68. The van der Waals surface area contributed by atoms with Gasteiger partial charge in [-0.05, 0) is 44.5 Å². The second-order valence-corrected chi connectivity index (χ2v) is 4.03. The molecule has 1 rings (SSSR count). The minimum absolute atomic E-state index is 0.0560. The quantitative estimate of drug-likeness (QED) is 0.747. The molecule has 0 aliphatic heterocycles. The highest BCUT2D eigenvalue weighted by Gasteiger charge is 2.07. The van der Waals surface area contributed by atoms with Crippen LogP contribution in [0.4, 0.5) is 8.78 Å². The molecule has 0 saturated heterocycles. The van der Waals surface area contributed by atoms with Crippen LogP contribution >= 0.6 is 0 Å². The van der Waals surface area contributed by atoms with Crippen molar-refractivity contribution in [2.75, 3.05) is 13.1 Å². The van der Waals surface area contributed by atoms with Gasteiger partial charge in [-0.2, -0.15) is 0 Å². The number of benzene rings is 1. The molecule has 1 aromatic rings. The number of rotatable bonds is 6. The Morgan fingerprint density at radius 1 is 1.24 bits per heavy atom. The first-order valence-corrected chi connectivity index (χ1v) is 5.98. The highest BCUT2D eigenvalue weighted by molar-refractivity contribution is 5.52. The van der Waals surface area contributed by atoms with Crippen molar-refractivity contribution in [3.8, 4) is 0 Å². The van der Waals surface area contributed by atoms with Gasteiger partial charge in [0.2, 0.25) is 0 Å². The molecular formula is C14H19F2N. The molecule has 0 saturated carbocycles. The Kier molecular flexibility index (Phi) is 5.84. The van der Waals surface area contributed by atoms with Crippen molar-refractivity contribution < 1.29 is 8.78 Å². The summed E-state index contributed by atoms with van der Waals surface area (Å²) in [5, 5.41) is 3.22. The minimum Gasteiger partial charge on any atom is -0.316 e. The number of aryl methyl sites for hydroxylation is 1. The molecule has 0 aliphatic carbocycles. The van der Waals surface area contributed by atoms with Gasteiger partial charge >= 0.3 is 0 Å². The van der Waals surface area contributed by atoms with Gasteiger partial charge in [-0.25, -0.2) is 8.78 Å². The van der Waals surface area contributed by atoms with Crippen LogP contribution in [0.3, 0.4) is 0 Å². The number of hydrogen-bond acceptors (Lipinski definition) is 1. The lowest BCUT2D eigenvalue weighted by Gasteiger charge is -2.03. The van der Waals surface area contributed by atoms with Crippen LogP contribution in [0.15, 0.2) is 18.2 Å².